The van der Waals surface area contributed by atoms with Crippen LogP contribution >= 0.6 is 12.4 Å². The Balaban J connectivity index is 0.00000180. The minimum atomic E-state index is 0. The van der Waals surface area contributed by atoms with Crippen molar-refractivity contribution in [1.82, 2.24) is 10.6 Å². The Labute approximate surface area is 122 Å². The van der Waals surface area contributed by atoms with Crippen LogP contribution in [0.1, 0.15) is 38.5 Å². The van der Waals surface area contributed by atoms with Crippen molar-refractivity contribution < 1.29 is 9.53 Å². The van der Waals surface area contributed by atoms with E-state index < -0.39 is 0 Å². The summed E-state index contributed by atoms with van der Waals surface area (Å²) in [5.74, 6) is 0.599. The summed E-state index contributed by atoms with van der Waals surface area (Å²) in [5.41, 5.74) is 0.366. The highest BCUT2D eigenvalue weighted by atomic mass is 35.5. The van der Waals surface area contributed by atoms with Crippen LogP contribution in [0.15, 0.2) is 0 Å². The minimum absolute atomic E-state index is 0. The second-order valence-electron chi connectivity index (χ2n) is 5.71. The average Bonchev–Trinajstić information content (AvgIpc) is 3.08. The van der Waals surface area contributed by atoms with Gasteiger partial charge >= 0.3 is 0 Å². The van der Waals surface area contributed by atoms with Crippen LogP contribution in [0.4, 0.5) is 0 Å². The lowest BCUT2D eigenvalue weighted by molar-refractivity contribution is -0.123. The van der Waals surface area contributed by atoms with E-state index in [1.54, 1.807) is 7.11 Å². The van der Waals surface area contributed by atoms with E-state index in [2.05, 4.69) is 10.6 Å². The van der Waals surface area contributed by atoms with E-state index in [0.29, 0.717) is 17.2 Å². The molecular weight excluding hydrogens is 264 g/mol. The van der Waals surface area contributed by atoms with Gasteiger partial charge in [0.25, 0.3) is 0 Å². The van der Waals surface area contributed by atoms with Crippen molar-refractivity contribution in [2.75, 3.05) is 33.4 Å². The highest BCUT2D eigenvalue weighted by molar-refractivity contribution is 5.85. The van der Waals surface area contributed by atoms with Gasteiger partial charge in [-0.25, -0.2) is 0 Å². The molecule has 0 aromatic rings. The number of unbranched alkanes of at least 4 members (excludes halogenated alkanes) is 2. The SMILES string of the molecule is COCCCCCNC(=O)C1CC12CCNCC2.Cl. The lowest BCUT2D eigenvalue weighted by atomic mass is 9.92. The predicted octanol–water partition coefficient (Wildman–Crippen LogP) is 1.73. The molecule has 4 nitrogen and oxygen atoms in total. The molecule has 1 amide bonds. The molecule has 1 saturated carbocycles. The smallest absolute Gasteiger partial charge is 0.223 e. The van der Waals surface area contributed by atoms with Crippen LogP contribution in [0.5, 0.6) is 0 Å². The normalized spacial score (nSPS) is 23.7. The monoisotopic (exact) mass is 290 g/mol. The molecule has 2 aliphatic rings. The Morgan fingerprint density at radius 3 is 2.74 bits per heavy atom. The van der Waals surface area contributed by atoms with Crippen LogP contribution in [-0.2, 0) is 9.53 Å². The predicted molar refractivity (Wildman–Crippen MR) is 78.6 cm³/mol. The summed E-state index contributed by atoms with van der Waals surface area (Å²) in [5, 5.41) is 6.46. The molecule has 1 atom stereocenters. The minimum Gasteiger partial charge on any atom is -0.385 e. The van der Waals surface area contributed by atoms with Crippen LogP contribution in [0.3, 0.4) is 0 Å². The van der Waals surface area contributed by atoms with Gasteiger partial charge in [0.15, 0.2) is 0 Å². The molecular formula is C14H27ClN2O2. The van der Waals surface area contributed by atoms with Crippen LogP contribution in [0, 0.1) is 11.3 Å². The third-order valence-corrected chi connectivity index (χ3v) is 4.43. The fourth-order valence-electron chi connectivity index (χ4n) is 3.08. The lowest BCUT2D eigenvalue weighted by Crippen LogP contribution is -2.34. The maximum Gasteiger partial charge on any atom is 0.223 e. The molecule has 1 spiro atoms. The van der Waals surface area contributed by atoms with E-state index in [9.17, 15) is 4.79 Å². The molecule has 1 saturated heterocycles. The maximum atomic E-state index is 12.0. The lowest BCUT2D eigenvalue weighted by Gasteiger charge is -2.23. The fraction of sp³-hybridized carbons (Fsp3) is 0.929. The number of hydrogen-bond acceptors (Lipinski definition) is 3. The number of piperidine rings is 1. The summed E-state index contributed by atoms with van der Waals surface area (Å²) in [6.07, 6.45) is 6.76. The van der Waals surface area contributed by atoms with Crippen LogP contribution in [0.25, 0.3) is 0 Å². The van der Waals surface area contributed by atoms with Gasteiger partial charge < -0.3 is 15.4 Å². The van der Waals surface area contributed by atoms with E-state index in [1.165, 1.54) is 12.8 Å². The van der Waals surface area contributed by atoms with Crippen molar-refractivity contribution in [2.45, 2.75) is 38.5 Å². The van der Waals surface area contributed by atoms with Gasteiger partial charge in [0.2, 0.25) is 5.91 Å². The molecule has 2 rings (SSSR count). The highest BCUT2D eigenvalue weighted by Gasteiger charge is 2.57. The van der Waals surface area contributed by atoms with Gasteiger partial charge in [0.05, 0.1) is 0 Å². The van der Waals surface area contributed by atoms with Crippen molar-refractivity contribution in [3.63, 3.8) is 0 Å². The third-order valence-electron chi connectivity index (χ3n) is 4.43. The molecule has 1 unspecified atom stereocenters. The van der Waals surface area contributed by atoms with Crippen molar-refractivity contribution in [1.29, 1.82) is 0 Å². The molecule has 112 valence electrons. The van der Waals surface area contributed by atoms with Gasteiger partial charge in [-0.1, -0.05) is 0 Å². The Morgan fingerprint density at radius 2 is 2.05 bits per heavy atom. The Morgan fingerprint density at radius 1 is 1.32 bits per heavy atom. The molecule has 2 N–H and O–H groups in total. The van der Waals surface area contributed by atoms with Crippen LogP contribution in [-0.4, -0.2) is 39.3 Å². The first-order chi connectivity index (χ1) is 8.78. The number of rotatable bonds is 7. The van der Waals surface area contributed by atoms with Gasteiger partial charge in [0.1, 0.15) is 0 Å². The summed E-state index contributed by atoms with van der Waals surface area (Å²) in [6, 6.07) is 0. The number of halogens is 1. The summed E-state index contributed by atoms with van der Waals surface area (Å²) in [4.78, 5) is 12.0. The first-order valence-electron chi connectivity index (χ1n) is 7.26. The van der Waals surface area contributed by atoms with Crippen LogP contribution < -0.4 is 10.6 Å². The zero-order valence-corrected chi connectivity index (χ0v) is 12.7. The van der Waals surface area contributed by atoms with Crippen molar-refractivity contribution in [2.24, 2.45) is 11.3 Å². The zero-order valence-electron chi connectivity index (χ0n) is 11.9. The number of hydrogen-bond donors (Lipinski definition) is 2. The standard InChI is InChI=1S/C14H26N2O2.ClH/c1-18-10-4-2-3-7-16-13(17)12-11-14(12)5-8-15-9-6-14;/h12,15H,2-11H2,1H3,(H,16,17);1H. The van der Waals surface area contributed by atoms with Gasteiger partial charge in [-0.05, 0) is 57.0 Å². The summed E-state index contributed by atoms with van der Waals surface area (Å²) in [7, 11) is 1.73. The van der Waals surface area contributed by atoms with Crippen molar-refractivity contribution in [3.8, 4) is 0 Å². The zero-order chi connectivity index (χ0) is 12.8. The van der Waals surface area contributed by atoms with Gasteiger partial charge in [-0.15, -0.1) is 12.4 Å². The summed E-state index contributed by atoms with van der Waals surface area (Å²) < 4.78 is 5.00. The molecule has 5 heteroatoms. The van der Waals surface area contributed by atoms with Crippen LogP contribution in [0.2, 0.25) is 0 Å². The number of nitrogens with one attached hydrogen (secondary N) is 2. The topological polar surface area (TPSA) is 50.4 Å². The molecule has 0 bridgehead atoms. The average molecular weight is 291 g/mol. The van der Waals surface area contributed by atoms with E-state index >= 15 is 0 Å². The quantitative estimate of drug-likeness (QED) is 0.702. The molecule has 0 aromatic heterocycles. The number of amides is 1. The number of ether oxygens (including phenoxy) is 1. The maximum absolute atomic E-state index is 12.0. The molecule has 1 heterocycles. The molecule has 2 fully saturated rings. The largest absolute Gasteiger partial charge is 0.385 e. The second-order valence-corrected chi connectivity index (χ2v) is 5.71. The summed E-state index contributed by atoms with van der Waals surface area (Å²) >= 11 is 0. The van der Waals surface area contributed by atoms with E-state index in [4.69, 9.17) is 4.74 Å². The summed E-state index contributed by atoms with van der Waals surface area (Å²) in [6.45, 7) is 3.82. The second kappa shape index (κ2) is 8.08. The third kappa shape index (κ3) is 4.62. The first-order valence-corrected chi connectivity index (χ1v) is 7.26. The molecule has 19 heavy (non-hydrogen) atoms. The van der Waals surface area contributed by atoms with Crippen molar-refractivity contribution >= 4 is 18.3 Å². The Kier molecular flexibility index (Phi) is 7.11. The molecule has 0 radical (unpaired) electrons. The van der Waals surface area contributed by atoms with Gasteiger partial charge in [-0.2, -0.15) is 0 Å². The number of carbonyl (C=O) groups is 1. The fourth-order valence-corrected chi connectivity index (χ4v) is 3.08. The molecule has 0 aromatic carbocycles. The van der Waals surface area contributed by atoms with Gasteiger partial charge in [-0.3, -0.25) is 4.79 Å². The highest BCUT2D eigenvalue weighted by Crippen LogP contribution is 2.58. The molecule has 1 aliphatic heterocycles. The van der Waals surface area contributed by atoms with E-state index in [-0.39, 0.29) is 12.4 Å². The van der Waals surface area contributed by atoms with Gasteiger partial charge in [0, 0.05) is 26.2 Å². The first kappa shape index (κ1) is 16.7. The Bertz CT molecular complexity index is 281. The molecule has 1 aliphatic carbocycles. The van der Waals surface area contributed by atoms with E-state index in [0.717, 1.165) is 51.9 Å². The van der Waals surface area contributed by atoms with E-state index in [1.807, 2.05) is 0 Å². The number of carbonyl (C=O) groups excluding carboxylic acids is 1. The number of methoxy groups -OCH3 is 1. The van der Waals surface area contributed by atoms with Crippen molar-refractivity contribution in [3.05, 3.63) is 0 Å². The Hall–Kier alpha value is -0.320.